The summed E-state index contributed by atoms with van der Waals surface area (Å²) in [5.74, 6) is 0.313. The van der Waals surface area contributed by atoms with Crippen LogP contribution in [0.5, 0.6) is 5.88 Å². The Bertz CT molecular complexity index is 593. The molecule has 98 valence electrons. The number of amides is 1. The average molecular weight is 339 g/mol. The molecule has 0 fully saturated rings. The zero-order chi connectivity index (χ0) is 13.7. The SMILES string of the molecule is COc1ccc(NC(=O)/C=C/c2ccc(Br)s2)cn1. The highest BCUT2D eigenvalue weighted by atomic mass is 79.9. The zero-order valence-electron chi connectivity index (χ0n) is 10.1. The van der Waals surface area contributed by atoms with Gasteiger partial charge in [0.05, 0.1) is 22.8 Å². The second-order valence-electron chi connectivity index (χ2n) is 3.55. The third-order valence-corrected chi connectivity index (χ3v) is 3.79. The van der Waals surface area contributed by atoms with E-state index in [1.807, 2.05) is 12.1 Å². The number of ether oxygens (including phenoxy) is 1. The quantitative estimate of drug-likeness (QED) is 0.867. The topological polar surface area (TPSA) is 51.2 Å². The molecule has 2 aromatic heterocycles. The first-order chi connectivity index (χ1) is 9.17. The van der Waals surface area contributed by atoms with Crippen molar-refractivity contribution in [3.63, 3.8) is 0 Å². The lowest BCUT2D eigenvalue weighted by Crippen LogP contribution is -2.07. The molecule has 1 N–H and O–H groups in total. The van der Waals surface area contributed by atoms with Crippen molar-refractivity contribution in [1.82, 2.24) is 4.98 Å². The van der Waals surface area contributed by atoms with Crippen molar-refractivity contribution in [1.29, 1.82) is 0 Å². The summed E-state index contributed by atoms with van der Waals surface area (Å²) in [5.41, 5.74) is 0.628. The molecule has 4 nitrogen and oxygen atoms in total. The van der Waals surface area contributed by atoms with E-state index in [9.17, 15) is 4.79 Å². The number of nitrogens with one attached hydrogen (secondary N) is 1. The number of carbonyl (C=O) groups excluding carboxylic acids is 1. The van der Waals surface area contributed by atoms with Crippen LogP contribution >= 0.6 is 27.3 Å². The van der Waals surface area contributed by atoms with Crippen molar-refractivity contribution in [3.05, 3.63) is 45.2 Å². The van der Waals surface area contributed by atoms with Gasteiger partial charge in [-0.25, -0.2) is 4.98 Å². The molecular formula is C13H11BrN2O2S. The minimum Gasteiger partial charge on any atom is -0.481 e. The van der Waals surface area contributed by atoms with E-state index in [0.29, 0.717) is 11.6 Å². The summed E-state index contributed by atoms with van der Waals surface area (Å²) < 4.78 is 5.98. The van der Waals surface area contributed by atoms with Crippen LogP contribution in [-0.2, 0) is 4.79 Å². The third-order valence-electron chi connectivity index (χ3n) is 2.21. The Hall–Kier alpha value is -1.66. The van der Waals surface area contributed by atoms with E-state index in [1.165, 1.54) is 6.08 Å². The molecule has 0 bridgehead atoms. The number of rotatable bonds is 4. The maximum Gasteiger partial charge on any atom is 0.248 e. The number of nitrogens with zero attached hydrogens (tertiary/aromatic N) is 1. The van der Waals surface area contributed by atoms with Crippen LogP contribution in [0.25, 0.3) is 6.08 Å². The lowest BCUT2D eigenvalue weighted by molar-refractivity contribution is -0.111. The molecule has 6 heteroatoms. The van der Waals surface area contributed by atoms with Gasteiger partial charge in [0.2, 0.25) is 11.8 Å². The number of halogens is 1. The summed E-state index contributed by atoms with van der Waals surface area (Å²) in [6.45, 7) is 0. The summed E-state index contributed by atoms with van der Waals surface area (Å²) in [5, 5.41) is 2.72. The van der Waals surface area contributed by atoms with Crippen molar-refractivity contribution in [2.75, 3.05) is 12.4 Å². The van der Waals surface area contributed by atoms with Gasteiger partial charge in [-0.1, -0.05) is 0 Å². The fraction of sp³-hybridized carbons (Fsp3) is 0.0769. The average Bonchev–Trinajstić information content (AvgIpc) is 2.83. The van der Waals surface area contributed by atoms with E-state index >= 15 is 0 Å². The lowest BCUT2D eigenvalue weighted by atomic mass is 10.3. The Morgan fingerprint density at radius 1 is 1.42 bits per heavy atom. The normalized spacial score (nSPS) is 10.6. The van der Waals surface area contributed by atoms with Crippen LogP contribution in [0, 0.1) is 0 Å². The van der Waals surface area contributed by atoms with Gasteiger partial charge in [-0.15, -0.1) is 11.3 Å². The molecule has 0 aliphatic heterocycles. The van der Waals surface area contributed by atoms with Gasteiger partial charge < -0.3 is 10.1 Å². The molecule has 0 aromatic carbocycles. The minimum absolute atomic E-state index is 0.198. The van der Waals surface area contributed by atoms with Gasteiger partial charge in [-0.2, -0.15) is 0 Å². The van der Waals surface area contributed by atoms with Crippen LogP contribution in [0.2, 0.25) is 0 Å². The number of methoxy groups -OCH3 is 1. The highest BCUT2D eigenvalue weighted by molar-refractivity contribution is 9.11. The predicted molar refractivity (Wildman–Crippen MR) is 80.5 cm³/mol. The van der Waals surface area contributed by atoms with E-state index in [1.54, 1.807) is 42.9 Å². The Morgan fingerprint density at radius 2 is 2.26 bits per heavy atom. The zero-order valence-corrected chi connectivity index (χ0v) is 12.5. The highest BCUT2D eigenvalue weighted by Gasteiger charge is 2.00. The van der Waals surface area contributed by atoms with Crippen LogP contribution in [-0.4, -0.2) is 18.0 Å². The summed E-state index contributed by atoms with van der Waals surface area (Å²) in [6, 6.07) is 7.30. The van der Waals surface area contributed by atoms with Crippen LogP contribution < -0.4 is 10.1 Å². The fourth-order valence-corrected chi connectivity index (χ4v) is 2.66. The summed E-state index contributed by atoms with van der Waals surface area (Å²) in [6.07, 6.45) is 4.80. The lowest BCUT2D eigenvalue weighted by Gasteiger charge is -2.02. The number of thiophene rings is 1. The van der Waals surface area contributed by atoms with Crippen LogP contribution in [0.4, 0.5) is 5.69 Å². The molecule has 0 saturated carbocycles. The highest BCUT2D eigenvalue weighted by Crippen LogP contribution is 2.23. The smallest absolute Gasteiger partial charge is 0.248 e. The molecule has 0 atom stereocenters. The maximum absolute atomic E-state index is 11.7. The number of hydrogen-bond acceptors (Lipinski definition) is 4. The molecule has 1 amide bonds. The first-order valence-corrected chi connectivity index (χ1v) is 7.03. The molecule has 0 radical (unpaired) electrons. The molecule has 2 heterocycles. The van der Waals surface area contributed by atoms with Crippen LogP contribution in [0.3, 0.4) is 0 Å². The molecule has 0 aliphatic rings. The molecule has 0 saturated heterocycles. The summed E-state index contributed by atoms with van der Waals surface area (Å²) in [7, 11) is 1.54. The molecule has 2 rings (SSSR count). The first kappa shape index (κ1) is 13.8. The van der Waals surface area contributed by atoms with E-state index in [0.717, 1.165) is 8.66 Å². The molecule has 19 heavy (non-hydrogen) atoms. The Balaban J connectivity index is 1.95. The summed E-state index contributed by atoms with van der Waals surface area (Å²) in [4.78, 5) is 16.7. The number of pyridine rings is 1. The van der Waals surface area contributed by atoms with Gasteiger partial charge in [0.15, 0.2) is 0 Å². The molecule has 0 spiro atoms. The van der Waals surface area contributed by atoms with Crippen molar-refractivity contribution in [3.8, 4) is 5.88 Å². The Kier molecular flexibility index (Phi) is 4.70. The van der Waals surface area contributed by atoms with Crippen LogP contribution in [0.1, 0.15) is 4.88 Å². The Labute approximate surface area is 123 Å². The predicted octanol–water partition coefficient (Wildman–Crippen LogP) is 3.57. The van der Waals surface area contributed by atoms with Gasteiger partial charge in [-0.05, 0) is 40.2 Å². The van der Waals surface area contributed by atoms with E-state index < -0.39 is 0 Å². The molecular weight excluding hydrogens is 328 g/mol. The van der Waals surface area contributed by atoms with E-state index in [-0.39, 0.29) is 5.91 Å². The minimum atomic E-state index is -0.198. The largest absolute Gasteiger partial charge is 0.481 e. The van der Waals surface area contributed by atoms with E-state index in [2.05, 4.69) is 26.2 Å². The Morgan fingerprint density at radius 3 is 2.84 bits per heavy atom. The number of carbonyl (C=O) groups is 1. The van der Waals surface area contributed by atoms with Crippen molar-refractivity contribution in [2.24, 2.45) is 0 Å². The molecule has 0 unspecified atom stereocenters. The second-order valence-corrected chi connectivity index (χ2v) is 6.05. The van der Waals surface area contributed by atoms with Crippen molar-refractivity contribution >= 4 is 44.9 Å². The number of anilines is 1. The van der Waals surface area contributed by atoms with E-state index in [4.69, 9.17) is 4.74 Å². The number of aromatic nitrogens is 1. The van der Waals surface area contributed by atoms with Gasteiger partial charge in [0.25, 0.3) is 0 Å². The fourth-order valence-electron chi connectivity index (χ4n) is 1.33. The van der Waals surface area contributed by atoms with Gasteiger partial charge in [-0.3, -0.25) is 4.79 Å². The van der Waals surface area contributed by atoms with Crippen molar-refractivity contribution < 1.29 is 9.53 Å². The molecule has 0 aliphatic carbocycles. The standard InChI is InChI=1S/C13H11BrN2O2S/c1-18-13-7-2-9(8-15-13)16-12(17)6-4-10-3-5-11(14)19-10/h2-8H,1H3,(H,16,17)/b6-4+. The summed E-state index contributed by atoms with van der Waals surface area (Å²) >= 11 is 4.93. The first-order valence-electron chi connectivity index (χ1n) is 5.42. The van der Waals surface area contributed by atoms with Crippen molar-refractivity contribution in [2.45, 2.75) is 0 Å². The van der Waals surface area contributed by atoms with Gasteiger partial charge >= 0.3 is 0 Å². The van der Waals surface area contributed by atoms with Crippen LogP contribution in [0.15, 0.2) is 40.3 Å². The third kappa shape index (κ3) is 4.18. The molecule has 2 aromatic rings. The number of hydrogen-bond donors (Lipinski definition) is 1. The second kappa shape index (κ2) is 6.49. The van der Waals surface area contributed by atoms with Gasteiger partial charge in [0.1, 0.15) is 0 Å². The van der Waals surface area contributed by atoms with Gasteiger partial charge in [0, 0.05) is 17.0 Å². The monoisotopic (exact) mass is 338 g/mol. The maximum atomic E-state index is 11.7.